The summed E-state index contributed by atoms with van der Waals surface area (Å²) in [6.07, 6.45) is 0.924. The number of carbonyl (C=O) groups excluding carboxylic acids is 1. The maximum atomic E-state index is 12.2. The van der Waals surface area contributed by atoms with Crippen LogP contribution in [0.5, 0.6) is 0 Å². The highest BCUT2D eigenvalue weighted by Crippen LogP contribution is 2.16. The molecule has 1 aliphatic heterocycles. The van der Waals surface area contributed by atoms with Gasteiger partial charge in [0, 0.05) is 19.6 Å². The summed E-state index contributed by atoms with van der Waals surface area (Å²) in [5, 5.41) is 2.97. The predicted molar refractivity (Wildman–Crippen MR) is 92.1 cm³/mol. The van der Waals surface area contributed by atoms with Crippen molar-refractivity contribution < 1.29 is 13.2 Å². The van der Waals surface area contributed by atoms with E-state index < -0.39 is 9.84 Å². The first-order valence-electron chi connectivity index (χ1n) is 8.14. The smallest absolute Gasteiger partial charge is 0.317 e. The summed E-state index contributed by atoms with van der Waals surface area (Å²) in [6.45, 7) is 5.51. The minimum atomic E-state index is -2.96. The number of nitrogens with zero attached hydrogens (tertiary/aromatic N) is 1. The van der Waals surface area contributed by atoms with E-state index in [4.69, 9.17) is 0 Å². The number of nitrogens with one attached hydrogen (secondary N) is 1. The van der Waals surface area contributed by atoms with Gasteiger partial charge in [-0.1, -0.05) is 44.2 Å². The molecule has 0 saturated carbocycles. The predicted octanol–water partition coefficient (Wildman–Crippen LogP) is 1.94. The van der Waals surface area contributed by atoms with Crippen molar-refractivity contribution in [2.45, 2.75) is 20.3 Å². The first-order valence-corrected chi connectivity index (χ1v) is 9.96. The SMILES string of the molecule is CC(C)[C@@H](CNC(=O)N1CCS(=O)(=O)CC1)Cc1ccccc1. The summed E-state index contributed by atoms with van der Waals surface area (Å²) >= 11 is 0. The summed E-state index contributed by atoms with van der Waals surface area (Å²) in [5.41, 5.74) is 1.27. The van der Waals surface area contributed by atoms with Crippen molar-refractivity contribution >= 4 is 15.9 Å². The molecule has 2 amide bonds. The van der Waals surface area contributed by atoms with Gasteiger partial charge in [-0.25, -0.2) is 13.2 Å². The van der Waals surface area contributed by atoms with Crippen LogP contribution in [0.4, 0.5) is 4.79 Å². The van der Waals surface area contributed by atoms with Crippen molar-refractivity contribution in [3.8, 4) is 0 Å². The van der Waals surface area contributed by atoms with E-state index in [0.29, 0.717) is 31.5 Å². The first kappa shape index (κ1) is 17.8. The molecule has 1 saturated heterocycles. The van der Waals surface area contributed by atoms with Crippen LogP contribution in [-0.4, -0.2) is 50.5 Å². The van der Waals surface area contributed by atoms with E-state index in [2.05, 4.69) is 31.3 Å². The lowest BCUT2D eigenvalue weighted by Gasteiger charge is -2.28. The molecule has 0 bridgehead atoms. The number of carbonyl (C=O) groups is 1. The highest BCUT2D eigenvalue weighted by molar-refractivity contribution is 7.91. The zero-order valence-electron chi connectivity index (χ0n) is 13.9. The Morgan fingerprint density at radius 1 is 1.17 bits per heavy atom. The van der Waals surface area contributed by atoms with Gasteiger partial charge in [-0.3, -0.25) is 0 Å². The highest BCUT2D eigenvalue weighted by atomic mass is 32.2. The fourth-order valence-electron chi connectivity index (χ4n) is 2.71. The van der Waals surface area contributed by atoms with Crippen molar-refractivity contribution in [1.29, 1.82) is 0 Å². The van der Waals surface area contributed by atoms with Gasteiger partial charge in [0.2, 0.25) is 0 Å². The summed E-state index contributed by atoms with van der Waals surface area (Å²) < 4.78 is 22.8. The van der Waals surface area contributed by atoms with E-state index in [0.717, 1.165) is 6.42 Å². The van der Waals surface area contributed by atoms with Gasteiger partial charge in [0.05, 0.1) is 11.5 Å². The third-order valence-corrected chi connectivity index (χ3v) is 6.04. The summed E-state index contributed by atoms with van der Waals surface area (Å²) in [6, 6.07) is 10.1. The number of urea groups is 1. The number of sulfone groups is 1. The molecule has 23 heavy (non-hydrogen) atoms. The van der Waals surface area contributed by atoms with Crippen LogP contribution >= 0.6 is 0 Å². The third-order valence-electron chi connectivity index (χ3n) is 4.43. The van der Waals surface area contributed by atoms with E-state index in [9.17, 15) is 13.2 Å². The number of hydrogen-bond donors (Lipinski definition) is 1. The summed E-state index contributed by atoms with van der Waals surface area (Å²) in [7, 11) is -2.96. The maximum absolute atomic E-state index is 12.2. The van der Waals surface area contributed by atoms with E-state index in [-0.39, 0.29) is 17.5 Å². The van der Waals surface area contributed by atoms with Gasteiger partial charge < -0.3 is 10.2 Å². The van der Waals surface area contributed by atoms with Crippen molar-refractivity contribution in [3.05, 3.63) is 35.9 Å². The number of rotatable bonds is 5. The average Bonchev–Trinajstić information content (AvgIpc) is 2.51. The maximum Gasteiger partial charge on any atom is 0.317 e. The Balaban J connectivity index is 1.85. The Labute approximate surface area is 139 Å². The molecular formula is C17H26N2O3S. The molecule has 0 radical (unpaired) electrons. The van der Waals surface area contributed by atoms with Gasteiger partial charge >= 0.3 is 6.03 Å². The second-order valence-corrected chi connectivity index (χ2v) is 8.82. The van der Waals surface area contributed by atoms with Crippen molar-refractivity contribution in [2.75, 3.05) is 31.1 Å². The number of benzene rings is 1. The lowest BCUT2D eigenvalue weighted by molar-refractivity contribution is 0.198. The molecule has 1 fully saturated rings. The van der Waals surface area contributed by atoms with Crippen LogP contribution in [0.3, 0.4) is 0 Å². The molecule has 6 heteroatoms. The molecule has 0 spiro atoms. The van der Waals surface area contributed by atoms with Crippen LogP contribution in [0.15, 0.2) is 30.3 Å². The normalized spacial score (nSPS) is 18.7. The van der Waals surface area contributed by atoms with Gasteiger partial charge in [-0.2, -0.15) is 0 Å². The van der Waals surface area contributed by atoms with Crippen LogP contribution in [0, 0.1) is 11.8 Å². The van der Waals surface area contributed by atoms with Crippen molar-refractivity contribution in [3.63, 3.8) is 0 Å². The number of hydrogen-bond acceptors (Lipinski definition) is 3. The van der Waals surface area contributed by atoms with Crippen LogP contribution in [-0.2, 0) is 16.3 Å². The van der Waals surface area contributed by atoms with Gasteiger partial charge in [0.1, 0.15) is 0 Å². The summed E-state index contributed by atoms with van der Waals surface area (Å²) in [5.74, 6) is 0.947. The van der Waals surface area contributed by atoms with E-state index in [1.54, 1.807) is 4.90 Å². The minimum Gasteiger partial charge on any atom is -0.338 e. The lowest BCUT2D eigenvalue weighted by Crippen LogP contribution is -2.49. The zero-order chi connectivity index (χ0) is 16.9. The van der Waals surface area contributed by atoms with E-state index in [1.165, 1.54) is 5.56 Å². The van der Waals surface area contributed by atoms with E-state index >= 15 is 0 Å². The average molecular weight is 338 g/mol. The largest absolute Gasteiger partial charge is 0.338 e. The second kappa shape index (κ2) is 7.81. The van der Waals surface area contributed by atoms with Crippen LogP contribution in [0.25, 0.3) is 0 Å². The topological polar surface area (TPSA) is 66.5 Å². The fraction of sp³-hybridized carbons (Fsp3) is 0.588. The molecule has 0 aliphatic carbocycles. The second-order valence-electron chi connectivity index (χ2n) is 6.52. The van der Waals surface area contributed by atoms with Gasteiger partial charge in [-0.15, -0.1) is 0 Å². The van der Waals surface area contributed by atoms with Crippen LogP contribution < -0.4 is 5.32 Å². The van der Waals surface area contributed by atoms with Gasteiger partial charge in [0.15, 0.2) is 9.84 Å². The zero-order valence-corrected chi connectivity index (χ0v) is 14.7. The minimum absolute atomic E-state index is 0.0675. The van der Waals surface area contributed by atoms with Crippen LogP contribution in [0.1, 0.15) is 19.4 Å². The fourth-order valence-corrected chi connectivity index (χ4v) is 3.91. The monoisotopic (exact) mass is 338 g/mol. The van der Waals surface area contributed by atoms with Crippen LogP contribution in [0.2, 0.25) is 0 Å². The molecule has 2 rings (SSSR count). The molecule has 128 valence electrons. The Morgan fingerprint density at radius 3 is 2.35 bits per heavy atom. The van der Waals surface area contributed by atoms with Crippen molar-refractivity contribution in [2.24, 2.45) is 11.8 Å². The first-order chi connectivity index (χ1) is 10.9. The molecule has 5 nitrogen and oxygen atoms in total. The quantitative estimate of drug-likeness (QED) is 0.892. The lowest BCUT2D eigenvalue weighted by atomic mass is 9.89. The molecule has 0 aromatic heterocycles. The Hall–Kier alpha value is -1.56. The highest BCUT2D eigenvalue weighted by Gasteiger charge is 2.25. The standard InChI is InChI=1S/C17H26N2O3S/c1-14(2)16(12-15-6-4-3-5-7-15)13-18-17(20)19-8-10-23(21,22)11-9-19/h3-7,14,16H,8-13H2,1-2H3,(H,18,20)/t16-/m1/s1. The molecule has 1 heterocycles. The van der Waals surface area contributed by atoms with E-state index in [1.807, 2.05) is 18.2 Å². The third kappa shape index (κ3) is 5.53. The molecule has 1 aromatic rings. The Bertz CT molecular complexity index is 600. The van der Waals surface area contributed by atoms with Gasteiger partial charge in [-0.05, 0) is 23.8 Å². The Kier molecular flexibility index (Phi) is 6.04. The van der Waals surface area contributed by atoms with Gasteiger partial charge in [0.25, 0.3) is 0 Å². The molecule has 0 unspecified atom stereocenters. The molecule has 1 atom stereocenters. The van der Waals surface area contributed by atoms with Crippen molar-refractivity contribution in [1.82, 2.24) is 10.2 Å². The molecule has 1 aromatic carbocycles. The molecule has 1 N–H and O–H groups in total. The molecular weight excluding hydrogens is 312 g/mol. The summed E-state index contributed by atoms with van der Waals surface area (Å²) in [4.78, 5) is 13.8. The molecule has 1 aliphatic rings. The Morgan fingerprint density at radius 2 is 1.78 bits per heavy atom. The number of amides is 2.